The minimum atomic E-state index is -0.0927. The summed E-state index contributed by atoms with van der Waals surface area (Å²) in [5, 5.41) is 0. The summed E-state index contributed by atoms with van der Waals surface area (Å²) >= 11 is 1.77. The lowest BCUT2D eigenvalue weighted by Crippen LogP contribution is -2.24. The summed E-state index contributed by atoms with van der Waals surface area (Å²) < 4.78 is 5.90. The predicted molar refractivity (Wildman–Crippen MR) is 79.9 cm³/mol. The van der Waals surface area contributed by atoms with Gasteiger partial charge < -0.3 is 10.5 Å². The second-order valence-electron chi connectivity index (χ2n) is 5.83. The highest BCUT2D eigenvalue weighted by Gasteiger charge is 2.30. The largest absolute Gasteiger partial charge is 0.487 e. The van der Waals surface area contributed by atoms with Crippen LogP contribution in [0.25, 0.3) is 0 Å². The Kier molecular flexibility index (Phi) is 2.91. The van der Waals surface area contributed by atoms with Crippen LogP contribution < -0.4 is 10.5 Å². The average Bonchev–Trinajstić information content (AvgIpc) is 2.88. The van der Waals surface area contributed by atoms with Crippen LogP contribution in [0.2, 0.25) is 0 Å². The predicted octanol–water partition coefficient (Wildman–Crippen LogP) is 3.82. The van der Waals surface area contributed by atoms with E-state index in [2.05, 4.69) is 51.1 Å². The topological polar surface area (TPSA) is 35.2 Å². The Morgan fingerprint density at radius 3 is 2.74 bits per heavy atom. The zero-order valence-corrected chi connectivity index (χ0v) is 12.4. The second-order valence-corrected chi connectivity index (χ2v) is 7.15. The molecule has 2 aromatic rings. The Bertz CT molecular complexity index is 615. The fourth-order valence-corrected chi connectivity index (χ4v) is 3.51. The molecule has 0 radical (unpaired) electrons. The molecule has 1 unspecified atom stereocenters. The maximum absolute atomic E-state index is 6.36. The molecule has 1 aliphatic rings. The molecule has 19 heavy (non-hydrogen) atoms. The summed E-state index contributed by atoms with van der Waals surface area (Å²) in [4.78, 5) is 2.52. The van der Waals surface area contributed by atoms with Crippen molar-refractivity contribution in [3.63, 3.8) is 0 Å². The number of nitrogens with two attached hydrogens (primary N) is 1. The molecular formula is C16H19NOS. The number of rotatable bonds is 2. The molecule has 2 N–H and O–H groups in total. The molecule has 1 aliphatic heterocycles. The molecule has 0 saturated carbocycles. The van der Waals surface area contributed by atoms with Crippen molar-refractivity contribution in [2.24, 2.45) is 5.73 Å². The van der Waals surface area contributed by atoms with Gasteiger partial charge in [0.2, 0.25) is 0 Å². The number of aryl methyl sites for hydroxylation is 1. The molecule has 0 bridgehead atoms. The van der Waals surface area contributed by atoms with Crippen molar-refractivity contribution in [3.8, 4) is 5.75 Å². The normalized spacial score (nSPS) is 17.9. The number of benzene rings is 1. The van der Waals surface area contributed by atoms with Crippen molar-refractivity contribution >= 4 is 11.3 Å². The maximum Gasteiger partial charge on any atom is 0.123 e. The SMILES string of the molecule is Cc1ccc(C(N)c2ccc3c(c2)CC(C)(C)O3)s1. The standard InChI is InChI=1S/C16H19NOS/c1-10-4-7-14(19-10)15(17)11-5-6-13-12(8-11)9-16(2,3)18-13/h4-8,15H,9,17H2,1-3H3. The zero-order chi connectivity index (χ0) is 13.6. The molecule has 0 amide bonds. The maximum atomic E-state index is 6.36. The van der Waals surface area contributed by atoms with Gasteiger partial charge >= 0.3 is 0 Å². The lowest BCUT2D eigenvalue weighted by Gasteiger charge is -2.16. The van der Waals surface area contributed by atoms with Crippen molar-refractivity contribution in [2.45, 2.75) is 38.8 Å². The Morgan fingerprint density at radius 2 is 2.05 bits per heavy atom. The first-order chi connectivity index (χ1) is 8.94. The molecule has 2 nitrogen and oxygen atoms in total. The smallest absolute Gasteiger partial charge is 0.123 e. The number of hydrogen-bond acceptors (Lipinski definition) is 3. The minimum absolute atomic E-state index is 0.0345. The first-order valence-corrected chi connectivity index (χ1v) is 7.40. The summed E-state index contributed by atoms with van der Waals surface area (Å²) in [7, 11) is 0. The van der Waals surface area contributed by atoms with Crippen molar-refractivity contribution in [2.75, 3.05) is 0 Å². The van der Waals surface area contributed by atoms with Gasteiger partial charge in [-0.3, -0.25) is 0 Å². The first kappa shape index (κ1) is 12.7. The average molecular weight is 273 g/mol. The second kappa shape index (κ2) is 4.36. The Labute approximate surface area is 118 Å². The van der Waals surface area contributed by atoms with E-state index in [1.807, 2.05) is 0 Å². The molecular weight excluding hydrogens is 254 g/mol. The monoisotopic (exact) mass is 273 g/mol. The Balaban J connectivity index is 1.92. The summed E-state index contributed by atoms with van der Waals surface area (Å²) in [5.74, 6) is 1.00. The van der Waals surface area contributed by atoms with Crippen LogP contribution in [0.1, 0.15) is 40.8 Å². The van der Waals surface area contributed by atoms with Gasteiger partial charge in [0.15, 0.2) is 0 Å². The van der Waals surface area contributed by atoms with Crippen LogP contribution >= 0.6 is 11.3 Å². The van der Waals surface area contributed by atoms with E-state index < -0.39 is 0 Å². The van der Waals surface area contributed by atoms with Crippen LogP contribution in [0.3, 0.4) is 0 Å². The number of ether oxygens (including phenoxy) is 1. The van der Waals surface area contributed by atoms with Gasteiger partial charge in [0.05, 0.1) is 6.04 Å². The van der Waals surface area contributed by atoms with Gasteiger partial charge in [0.25, 0.3) is 0 Å². The first-order valence-electron chi connectivity index (χ1n) is 6.58. The van der Waals surface area contributed by atoms with Crippen LogP contribution in [-0.4, -0.2) is 5.60 Å². The highest BCUT2D eigenvalue weighted by molar-refractivity contribution is 7.12. The van der Waals surface area contributed by atoms with Crippen molar-refractivity contribution in [1.29, 1.82) is 0 Å². The molecule has 1 aromatic carbocycles. The van der Waals surface area contributed by atoms with E-state index in [4.69, 9.17) is 10.5 Å². The fourth-order valence-electron chi connectivity index (χ4n) is 2.61. The molecule has 1 atom stereocenters. The highest BCUT2D eigenvalue weighted by Crippen LogP contribution is 2.37. The summed E-state index contributed by atoms with van der Waals surface area (Å²) in [6, 6.07) is 10.6. The third kappa shape index (κ3) is 2.40. The summed E-state index contributed by atoms with van der Waals surface area (Å²) in [5.41, 5.74) is 8.71. The Hall–Kier alpha value is -1.32. The van der Waals surface area contributed by atoms with E-state index in [9.17, 15) is 0 Å². The molecule has 3 rings (SSSR count). The molecule has 3 heteroatoms. The third-order valence-corrected chi connectivity index (χ3v) is 4.60. The Morgan fingerprint density at radius 1 is 1.26 bits per heavy atom. The van der Waals surface area contributed by atoms with Gasteiger partial charge in [-0.25, -0.2) is 0 Å². The van der Waals surface area contributed by atoms with Crippen LogP contribution in [0, 0.1) is 6.92 Å². The quantitative estimate of drug-likeness (QED) is 0.903. The molecule has 0 fully saturated rings. The number of hydrogen-bond donors (Lipinski definition) is 1. The summed E-state index contributed by atoms with van der Waals surface area (Å²) in [6.07, 6.45) is 0.951. The zero-order valence-electron chi connectivity index (χ0n) is 11.6. The van der Waals surface area contributed by atoms with Crippen molar-refractivity contribution < 1.29 is 4.74 Å². The third-order valence-electron chi connectivity index (χ3n) is 3.51. The lowest BCUT2D eigenvalue weighted by molar-refractivity contribution is 0.138. The van der Waals surface area contributed by atoms with E-state index in [0.717, 1.165) is 12.2 Å². The van der Waals surface area contributed by atoms with Crippen molar-refractivity contribution in [1.82, 2.24) is 0 Å². The molecule has 0 spiro atoms. The van der Waals surface area contributed by atoms with E-state index in [0.29, 0.717) is 0 Å². The van der Waals surface area contributed by atoms with Gasteiger partial charge in [-0.1, -0.05) is 12.1 Å². The number of thiophene rings is 1. The molecule has 100 valence electrons. The molecule has 2 heterocycles. The van der Waals surface area contributed by atoms with Gasteiger partial charge in [-0.2, -0.15) is 0 Å². The molecule has 0 aliphatic carbocycles. The van der Waals surface area contributed by atoms with E-state index >= 15 is 0 Å². The minimum Gasteiger partial charge on any atom is -0.487 e. The van der Waals surface area contributed by atoms with Crippen LogP contribution in [0.15, 0.2) is 30.3 Å². The van der Waals surface area contributed by atoms with Crippen LogP contribution in [0.5, 0.6) is 5.75 Å². The van der Waals surface area contributed by atoms with E-state index in [1.165, 1.54) is 20.9 Å². The van der Waals surface area contributed by atoms with Gasteiger partial charge in [-0.15, -0.1) is 11.3 Å². The fraction of sp³-hybridized carbons (Fsp3) is 0.375. The summed E-state index contributed by atoms with van der Waals surface area (Å²) in [6.45, 7) is 6.35. The van der Waals surface area contributed by atoms with Crippen molar-refractivity contribution in [3.05, 3.63) is 51.2 Å². The van der Waals surface area contributed by atoms with Gasteiger partial charge in [0, 0.05) is 16.2 Å². The molecule has 1 aromatic heterocycles. The highest BCUT2D eigenvalue weighted by atomic mass is 32.1. The van der Waals surface area contributed by atoms with Gasteiger partial charge in [-0.05, 0) is 50.1 Å². The van der Waals surface area contributed by atoms with E-state index in [1.54, 1.807) is 11.3 Å². The molecule has 0 saturated heterocycles. The van der Waals surface area contributed by atoms with Gasteiger partial charge in [0.1, 0.15) is 11.4 Å². The van der Waals surface area contributed by atoms with Crippen LogP contribution in [0.4, 0.5) is 0 Å². The van der Waals surface area contributed by atoms with Crippen LogP contribution in [-0.2, 0) is 6.42 Å². The van der Waals surface area contributed by atoms with E-state index in [-0.39, 0.29) is 11.6 Å². The number of fused-ring (bicyclic) bond motifs is 1. The lowest BCUT2D eigenvalue weighted by atomic mass is 9.97.